The van der Waals surface area contributed by atoms with Gasteiger partial charge in [-0.3, -0.25) is 0 Å². The van der Waals surface area contributed by atoms with Gasteiger partial charge in [-0.25, -0.2) is 4.79 Å². The largest absolute Gasteiger partial charge is 0.468 e. The van der Waals surface area contributed by atoms with Gasteiger partial charge < -0.3 is 5.11 Å². The molecule has 0 saturated carbocycles. The lowest BCUT2D eigenvalue weighted by atomic mass is 11.6. The summed E-state index contributed by atoms with van der Waals surface area (Å²) in [6, 6.07) is 0. The van der Waals surface area contributed by atoms with Crippen LogP contribution in [0.25, 0.3) is 0 Å². The lowest BCUT2D eigenvalue weighted by Gasteiger charge is -1.93. The van der Waals surface area contributed by atoms with Crippen molar-refractivity contribution < 1.29 is 32.7 Å². The molecule has 9 nitrogen and oxygen atoms in total. The van der Waals surface area contributed by atoms with E-state index in [0.717, 1.165) is 0 Å². The molecule has 0 unspecified atom stereocenters. The van der Waals surface area contributed by atoms with Crippen molar-refractivity contribution in [3.63, 3.8) is 0 Å². The van der Waals surface area contributed by atoms with Crippen molar-refractivity contribution in [1.29, 1.82) is 0 Å². The molecule has 0 radical (unpaired) electrons. The molecule has 0 amide bonds. The number of carboxylic acid groups (broad SMARTS) is 1. The van der Waals surface area contributed by atoms with Crippen LogP contribution in [-0.2, 0) is 19.4 Å². The molecule has 1 N–H and O–H groups in total. The summed E-state index contributed by atoms with van der Waals surface area (Å²) in [4.78, 5) is 21.7. The number of nitrogens with zero attached hydrogens (tertiary/aromatic N) is 1. The van der Waals surface area contributed by atoms with Gasteiger partial charge in [0.15, 0.2) is 0 Å². The first-order valence-electron chi connectivity index (χ1n) is 1.85. The molecule has 0 fully saturated rings. The zero-order valence-electron chi connectivity index (χ0n) is 4.66. The first-order chi connectivity index (χ1) is 4.86. The van der Waals surface area contributed by atoms with Crippen LogP contribution in [0.2, 0.25) is 0 Å². The fourth-order valence-electron chi connectivity index (χ4n) is 0.0940. The standard InChI is InChI=1S/CHNO8S/c3-1(4)11(7,8)10-9-2(5)6/h(H,3,4). The molecule has 0 aromatic rings. The second-order valence-corrected chi connectivity index (χ2v) is 2.48. The highest BCUT2D eigenvalue weighted by molar-refractivity contribution is 8.01. The van der Waals surface area contributed by atoms with Crippen molar-refractivity contribution in [2.45, 2.75) is 0 Å². The predicted octanol–water partition coefficient (Wildman–Crippen LogP) is -0.866. The summed E-state index contributed by atoms with van der Waals surface area (Å²) < 4.78 is 22.9. The van der Waals surface area contributed by atoms with Crippen LogP contribution in [0.3, 0.4) is 0 Å². The molecular weight excluding hydrogens is 186 g/mol. The Morgan fingerprint density at radius 1 is 1.55 bits per heavy atom. The van der Waals surface area contributed by atoms with Crippen LogP contribution < -0.4 is 0 Å². The summed E-state index contributed by atoms with van der Waals surface area (Å²) in [5.41, 5.74) is 0. The molecule has 11 heavy (non-hydrogen) atoms. The van der Waals surface area contributed by atoms with Crippen LogP contribution in [0.15, 0.2) is 0 Å². The van der Waals surface area contributed by atoms with Gasteiger partial charge in [0.05, 0.1) is 0 Å². The third kappa shape index (κ3) is 3.32. The maximum atomic E-state index is 9.98. The van der Waals surface area contributed by atoms with Gasteiger partial charge in [-0.15, -0.1) is 15.1 Å². The molecule has 0 aliphatic carbocycles. The van der Waals surface area contributed by atoms with Gasteiger partial charge in [-0.2, -0.15) is 8.42 Å². The maximum Gasteiger partial charge on any atom is 0.451 e. The first-order valence-corrected chi connectivity index (χ1v) is 3.25. The smallest absolute Gasteiger partial charge is 0.451 e. The highest BCUT2D eigenvalue weighted by Crippen LogP contribution is 1.94. The third-order valence-electron chi connectivity index (χ3n) is 0.395. The van der Waals surface area contributed by atoms with Crippen LogP contribution in [0.4, 0.5) is 4.79 Å². The minimum atomic E-state index is -5.04. The van der Waals surface area contributed by atoms with Crippen LogP contribution in [0.5, 0.6) is 0 Å². The van der Waals surface area contributed by atoms with Crippen molar-refractivity contribution in [2.75, 3.05) is 0 Å². The number of carbonyl (C=O) groups is 1. The number of hydrogen-bond acceptors (Lipinski definition) is 7. The Bertz CT molecular complexity index is 262. The van der Waals surface area contributed by atoms with Gasteiger partial charge in [0.2, 0.25) is 0 Å². The predicted molar refractivity (Wildman–Crippen MR) is 26.1 cm³/mol. The SMILES string of the molecule is O=C(O)S(=O)(=O)OO[N+](=O)[O-]. The maximum absolute atomic E-state index is 9.98. The van der Waals surface area contributed by atoms with Crippen molar-refractivity contribution >= 4 is 15.4 Å². The Hall–Kier alpha value is -1.42. The molecule has 0 aliphatic rings. The third-order valence-corrected chi connectivity index (χ3v) is 1.06. The summed E-state index contributed by atoms with van der Waals surface area (Å²) in [6.07, 6.45) is 0. The van der Waals surface area contributed by atoms with Gasteiger partial charge >= 0.3 is 20.5 Å². The zero-order valence-corrected chi connectivity index (χ0v) is 5.48. The Balaban J connectivity index is 4.17. The van der Waals surface area contributed by atoms with E-state index in [1.807, 2.05) is 0 Å². The molecule has 0 aromatic heterocycles. The molecule has 0 saturated heterocycles. The van der Waals surface area contributed by atoms with E-state index in [2.05, 4.69) is 9.32 Å². The molecule has 64 valence electrons. The Morgan fingerprint density at radius 2 is 2.00 bits per heavy atom. The first kappa shape index (κ1) is 9.58. The van der Waals surface area contributed by atoms with Gasteiger partial charge in [0, 0.05) is 0 Å². The van der Waals surface area contributed by atoms with Crippen molar-refractivity contribution in [3.8, 4) is 0 Å². The fourth-order valence-corrected chi connectivity index (χ4v) is 0.282. The minimum absolute atomic E-state index is 1.61. The highest BCUT2D eigenvalue weighted by atomic mass is 32.2. The van der Waals surface area contributed by atoms with Crippen molar-refractivity contribution in [1.82, 2.24) is 0 Å². The van der Waals surface area contributed by atoms with Crippen molar-refractivity contribution in [2.24, 2.45) is 0 Å². The molecule has 0 spiro atoms. The second kappa shape index (κ2) is 3.12. The van der Waals surface area contributed by atoms with E-state index in [0.29, 0.717) is 0 Å². The lowest BCUT2D eigenvalue weighted by molar-refractivity contribution is -0.833. The number of hydrogen-bond donors (Lipinski definition) is 1. The van der Waals surface area contributed by atoms with E-state index < -0.39 is 20.5 Å². The fraction of sp³-hybridized carbons (Fsp3) is 0. The number of rotatable bonds is 3. The van der Waals surface area contributed by atoms with Crippen molar-refractivity contribution in [3.05, 3.63) is 10.1 Å². The van der Waals surface area contributed by atoms with Crippen LogP contribution in [0.1, 0.15) is 0 Å². The van der Waals surface area contributed by atoms with Crippen LogP contribution in [0, 0.1) is 10.1 Å². The summed E-state index contributed by atoms with van der Waals surface area (Å²) >= 11 is 0. The lowest BCUT2D eigenvalue weighted by Crippen LogP contribution is -2.17. The topological polar surface area (TPSA) is 133 Å². The summed E-state index contributed by atoms with van der Waals surface area (Å²) in [7, 11) is -5.04. The van der Waals surface area contributed by atoms with Crippen LogP contribution in [-0.4, -0.2) is 23.9 Å². The quantitative estimate of drug-likeness (QED) is 0.342. The van der Waals surface area contributed by atoms with E-state index in [4.69, 9.17) is 5.11 Å². The van der Waals surface area contributed by atoms with E-state index in [1.54, 1.807) is 0 Å². The van der Waals surface area contributed by atoms with Gasteiger partial charge in [0.25, 0.3) is 0 Å². The molecule has 0 aromatic carbocycles. The van der Waals surface area contributed by atoms with Gasteiger partial charge in [-0.05, 0) is 0 Å². The van der Waals surface area contributed by atoms with E-state index in [1.165, 1.54) is 0 Å². The Kier molecular flexibility index (Phi) is 2.71. The minimum Gasteiger partial charge on any atom is -0.468 e. The summed E-state index contributed by atoms with van der Waals surface area (Å²) in [6.45, 7) is 0. The molecule has 0 bridgehead atoms. The average Bonchev–Trinajstić information content (AvgIpc) is 1.84. The van der Waals surface area contributed by atoms with E-state index in [-0.39, 0.29) is 0 Å². The molecule has 10 heteroatoms. The average molecular weight is 187 g/mol. The molecular formula is CHNO8S. The molecule has 0 rings (SSSR count). The Labute approximate surface area is 59.3 Å². The summed E-state index contributed by atoms with van der Waals surface area (Å²) in [5.74, 6) is 0. The highest BCUT2D eigenvalue weighted by Gasteiger charge is 2.24. The second-order valence-electron chi connectivity index (χ2n) is 1.09. The van der Waals surface area contributed by atoms with Crippen LogP contribution >= 0.6 is 0 Å². The summed E-state index contributed by atoms with van der Waals surface area (Å²) in [5, 5.41) is 13.0. The van der Waals surface area contributed by atoms with Gasteiger partial charge in [-0.1, -0.05) is 4.33 Å². The molecule has 0 heterocycles. The normalized spacial score (nSPS) is 10.5. The van der Waals surface area contributed by atoms with E-state index >= 15 is 0 Å². The van der Waals surface area contributed by atoms with E-state index in [9.17, 15) is 23.3 Å². The Morgan fingerprint density at radius 3 is 2.27 bits per heavy atom. The molecule has 0 atom stereocenters. The molecule has 0 aliphatic heterocycles. The monoisotopic (exact) mass is 187 g/mol. The zero-order chi connectivity index (χ0) is 9.07. The van der Waals surface area contributed by atoms with Gasteiger partial charge in [0.1, 0.15) is 0 Å².